The maximum Gasteiger partial charge on any atom is 0.325 e. The summed E-state index contributed by atoms with van der Waals surface area (Å²) >= 11 is 0. The zero-order valence-electron chi connectivity index (χ0n) is 12.3. The third-order valence-corrected chi connectivity index (χ3v) is 4.08. The summed E-state index contributed by atoms with van der Waals surface area (Å²) < 4.78 is 13.6. The number of benzene rings is 1. The van der Waals surface area contributed by atoms with Gasteiger partial charge in [-0.1, -0.05) is 32.0 Å². The van der Waals surface area contributed by atoms with Crippen molar-refractivity contribution in [1.29, 1.82) is 0 Å². The quantitative estimate of drug-likeness (QED) is 0.832. The van der Waals surface area contributed by atoms with Crippen LogP contribution in [0.4, 0.5) is 9.18 Å². The highest BCUT2D eigenvalue weighted by atomic mass is 19.1. The molecule has 1 heterocycles. The number of urea groups is 1. The Morgan fingerprint density at radius 1 is 1.33 bits per heavy atom. The average Bonchev–Trinajstić information content (AvgIpc) is 2.64. The zero-order valence-corrected chi connectivity index (χ0v) is 12.3. The summed E-state index contributed by atoms with van der Waals surface area (Å²) in [5, 5.41) is 12.7. The van der Waals surface area contributed by atoms with Gasteiger partial charge in [0, 0.05) is 5.56 Å². The molecule has 0 aliphatic carbocycles. The van der Waals surface area contributed by atoms with Crippen molar-refractivity contribution in [2.45, 2.75) is 32.4 Å². The number of aliphatic hydroxyl groups excluding tert-OH is 1. The van der Waals surface area contributed by atoms with Crippen LogP contribution in [-0.4, -0.2) is 34.0 Å². The van der Waals surface area contributed by atoms with Crippen molar-refractivity contribution < 1.29 is 19.1 Å². The molecule has 1 saturated heterocycles. The SMILES string of the molecule is CC(C)C1(C)NC(=O)N(CC(O)c2ccccc2F)C1=O. The minimum absolute atomic E-state index is 0.0660. The lowest BCUT2D eigenvalue weighted by Gasteiger charge is -2.26. The molecule has 114 valence electrons. The number of halogens is 1. The molecule has 2 atom stereocenters. The van der Waals surface area contributed by atoms with E-state index in [0.29, 0.717) is 0 Å². The molecule has 1 fully saturated rings. The Balaban J connectivity index is 2.19. The van der Waals surface area contributed by atoms with Crippen LogP contribution in [-0.2, 0) is 4.79 Å². The predicted octanol–water partition coefficient (Wildman–Crippen LogP) is 1.83. The minimum Gasteiger partial charge on any atom is -0.386 e. The fraction of sp³-hybridized carbons (Fsp3) is 0.467. The Morgan fingerprint density at radius 3 is 2.48 bits per heavy atom. The van der Waals surface area contributed by atoms with E-state index in [-0.39, 0.29) is 18.0 Å². The van der Waals surface area contributed by atoms with Gasteiger partial charge in [-0.05, 0) is 18.9 Å². The van der Waals surface area contributed by atoms with Crippen molar-refractivity contribution in [3.63, 3.8) is 0 Å². The highest BCUT2D eigenvalue weighted by molar-refractivity contribution is 6.07. The molecule has 0 spiro atoms. The Morgan fingerprint density at radius 2 is 1.95 bits per heavy atom. The summed E-state index contributed by atoms with van der Waals surface area (Å²) in [5.41, 5.74) is -0.928. The third-order valence-electron chi connectivity index (χ3n) is 4.08. The van der Waals surface area contributed by atoms with E-state index >= 15 is 0 Å². The van der Waals surface area contributed by atoms with Crippen molar-refractivity contribution in [2.24, 2.45) is 5.92 Å². The standard InChI is InChI=1S/C15H19FN2O3/c1-9(2)15(3)13(20)18(14(21)17-15)8-12(19)10-6-4-5-7-11(10)16/h4-7,9,12,19H,8H2,1-3H3,(H,17,21). The number of carbonyl (C=O) groups is 2. The molecule has 0 radical (unpaired) electrons. The van der Waals surface area contributed by atoms with Crippen LogP contribution in [0.25, 0.3) is 0 Å². The van der Waals surface area contributed by atoms with E-state index in [1.807, 2.05) is 13.8 Å². The normalized spacial score (nSPS) is 23.6. The molecular weight excluding hydrogens is 275 g/mol. The molecule has 2 N–H and O–H groups in total. The third kappa shape index (κ3) is 2.63. The molecule has 1 aliphatic heterocycles. The summed E-state index contributed by atoms with van der Waals surface area (Å²) in [4.78, 5) is 25.3. The van der Waals surface area contributed by atoms with E-state index in [0.717, 1.165) is 4.90 Å². The van der Waals surface area contributed by atoms with E-state index in [4.69, 9.17) is 0 Å². The fourth-order valence-corrected chi connectivity index (χ4v) is 2.29. The summed E-state index contributed by atoms with van der Waals surface area (Å²) in [6.07, 6.45) is -1.25. The van der Waals surface area contributed by atoms with Gasteiger partial charge in [-0.25, -0.2) is 9.18 Å². The Kier molecular flexibility index (Phi) is 4.00. The topological polar surface area (TPSA) is 69.6 Å². The van der Waals surface area contributed by atoms with Crippen LogP contribution < -0.4 is 5.32 Å². The second-order valence-corrected chi connectivity index (χ2v) is 5.74. The maximum absolute atomic E-state index is 13.6. The van der Waals surface area contributed by atoms with Crippen molar-refractivity contribution in [2.75, 3.05) is 6.54 Å². The van der Waals surface area contributed by atoms with Gasteiger partial charge in [0.05, 0.1) is 12.6 Å². The Hall–Kier alpha value is -1.95. The molecule has 6 heteroatoms. The molecule has 1 aromatic rings. The summed E-state index contributed by atoms with van der Waals surface area (Å²) in [6, 6.07) is 5.19. The number of nitrogens with zero attached hydrogens (tertiary/aromatic N) is 1. The highest BCUT2D eigenvalue weighted by Gasteiger charge is 2.50. The van der Waals surface area contributed by atoms with Gasteiger partial charge in [0.1, 0.15) is 11.4 Å². The number of imide groups is 1. The van der Waals surface area contributed by atoms with Crippen molar-refractivity contribution in [1.82, 2.24) is 10.2 Å². The molecule has 1 aliphatic rings. The fourth-order valence-electron chi connectivity index (χ4n) is 2.29. The van der Waals surface area contributed by atoms with Crippen LogP contribution in [0.2, 0.25) is 0 Å². The van der Waals surface area contributed by atoms with Gasteiger partial charge < -0.3 is 10.4 Å². The van der Waals surface area contributed by atoms with Crippen LogP contribution in [0.15, 0.2) is 24.3 Å². The number of aliphatic hydroxyl groups is 1. The lowest BCUT2D eigenvalue weighted by Crippen LogP contribution is -2.48. The van der Waals surface area contributed by atoms with Crippen LogP contribution in [0, 0.1) is 11.7 Å². The smallest absolute Gasteiger partial charge is 0.325 e. The largest absolute Gasteiger partial charge is 0.386 e. The van der Waals surface area contributed by atoms with Gasteiger partial charge in [-0.15, -0.1) is 0 Å². The van der Waals surface area contributed by atoms with Gasteiger partial charge in [0.2, 0.25) is 0 Å². The van der Waals surface area contributed by atoms with E-state index < -0.39 is 29.4 Å². The van der Waals surface area contributed by atoms with E-state index in [1.165, 1.54) is 18.2 Å². The van der Waals surface area contributed by atoms with Gasteiger partial charge in [0.25, 0.3) is 5.91 Å². The molecule has 2 unspecified atom stereocenters. The number of amides is 3. The number of β-amino-alcohol motifs (C(OH)–C–C–N with tert-alkyl or cyclic N) is 1. The van der Waals surface area contributed by atoms with Gasteiger partial charge >= 0.3 is 6.03 Å². The minimum atomic E-state index is -1.25. The molecule has 0 aromatic heterocycles. The van der Waals surface area contributed by atoms with Gasteiger partial charge in [-0.2, -0.15) is 0 Å². The van der Waals surface area contributed by atoms with Crippen molar-refractivity contribution in [3.05, 3.63) is 35.6 Å². The molecular formula is C15H19FN2O3. The van der Waals surface area contributed by atoms with Gasteiger partial charge in [0.15, 0.2) is 0 Å². The monoisotopic (exact) mass is 294 g/mol. The first-order valence-corrected chi connectivity index (χ1v) is 6.84. The van der Waals surface area contributed by atoms with Crippen LogP contribution >= 0.6 is 0 Å². The van der Waals surface area contributed by atoms with Crippen LogP contribution in [0.1, 0.15) is 32.4 Å². The van der Waals surface area contributed by atoms with E-state index in [1.54, 1.807) is 13.0 Å². The molecule has 21 heavy (non-hydrogen) atoms. The number of hydrogen-bond donors (Lipinski definition) is 2. The zero-order chi connectivity index (χ0) is 15.8. The highest BCUT2D eigenvalue weighted by Crippen LogP contribution is 2.27. The average molecular weight is 294 g/mol. The maximum atomic E-state index is 13.6. The second kappa shape index (κ2) is 5.44. The van der Waals surface area contributed by atoms with Crippen LogP contribution in [0.5, 0.6) is 0 Å². The van der Waals surface area contributed by atoms with E-state index in [2.05, 4.69) is 5.32 Å². The number of nitrogens with one attached hydrogen (secondary N) is 1. The molecule has 1 aromatic carbocycles. The first-order chi connectivity index (χ1) is 9.77. The Bertz CT molecular complexity index is 576. The lowest BCUT2D eigenvalue weighted by molar-refractivity contribution is -0.133. The first kappa shape index (κ1) is 15.4. The predicted molar refractivity (Wildman–Crippen MR) is 74.8 cm³/mol. The first-order valence-electron chi connectivity index (χ1n) is 6.84. The molecule has 5 nitrogen and oxygen atoms in total. The summed E-state index contributed by atoms with van der Waals surface area (Å²) in [6.45, 7) is 5.03. The number of carbonyl (C=O) groups excluding carboxylic acids is 2. The number of hydrogen-bond acceptors (Lipinski definition) is 3. The van der Waals surface area contributed by atoms with Crippen molar-refractivity contribution in [3.8, 4) is 0 Å². The summed E-state index contributed by atoms with van der Waals surface area (Å²) in [7, 11) is 0. The molecule has 3 amide bonds. The summed E-state index contributed by atoms with van der Waals surface area (Å²) in [5.74, 6) is -1.06. The molecule has 0 saturated carbocycles. The van der Waals surface area contributed by atoms with Crippen LogP contribution in [0.3, 0.4) is 0 Å². The van der Waals surface area contributed by atoms with Gasteiger partial charge in [-0.3, -0.25) is 9.69 Å². The lowest BCUT2D eigenvalue weighted by atomic mass is 9.88. The molecule has 2 rings (SSSR count). The van der Waals surface area contributed by atoms with Crippen molar-refractivity contribution >= 4 is 11.9 Å². The number of rotatable bonds is 4. The van der Waals surface area contributed by atoms with E-state index in [9.17, 15) is 19.1 Å². The molecule has 0 bridgehead atoms. The Labute approximate surface area is 122 Å². The second-order valence-electron chi connectivity index (χ2n) is 5.74.